The molecule has 7 heteroatoms. The Bertz CT molecular complexity index is 836. The fourth-order valence-electron chi connectivity index (χ4n) is 2.01. The number of carbonyl (C=O) groups excluding carboxylic acids is 1. The van der Waals surface area contributed by atoms with Crippen LogP contribution in [0.15, 0.2) is 63.9 Å². The molecule has 1 amide bonds. The number of rotatable bonds is 5. The van der Waals surface area contributed by atoms with E-state index in [1.54, 1.807) is 36.5 Å². The second-order valence-corrected chi connectivity index (χ2v) is 5.77. The minimum atomic E-state index is -0.534. The van der Waals surface area contributed by atoms with E-state index in [4.69, 9.17) is 9.15 Å². The van der Waals surface area contributed by atoms with E-state index < -0.39 is 5.82 Å². The number of anilines is 1. The quantitative estimate of drug-likeness (QED) is 0.706. The molecular formula is C17H12BrFN2O3. The van der Waals surface area contributed by atoms with E-state index in [9.17, 15) is 9.18 Å². The van der Waals surface area contributed by atoms with Gasteiger partial charge in [0.05, 0.1) is 6.20 Å². The summed E-state index contributed by atoms with van der Waals surface area (Å²) < 4.78 is 24.6. The number of nitrogens with one attached hydrogen (secondary N) is 1. The van der Waals surface area contributed by atoms with Gasteiger partial charge in [0, 0.05) is 15.7 Å². The first-order valence-corrected chi connectivity index (χ1v) is 7.78. The van der Waals surface area contributed by atoms with Crippen LogP contribution in [0.2, 0.25) is 0 Å². The second-order valence-electron chi connectivity index (χ2n) is 4.85. The van der Waals surface area contributed by atoms with Crippen molar-refractivity contribution in [2.75, 3.05) is 11.9 Å². The highest BCUT2D eigenvalue weighted by atomic mass is 79.9. The number of nitrogens with zero attached hydrogens (tertiary/aromatic N) is 1. The van der Waals surface area contributed by atoms with E-state index in [0.717, 1.165) is 5.56 Å². The molecule has 0 unspecified atom stereocenters. The summed E-state index contributed by atoms with van der Waals surface area (Å²) in [4.78, 5) is 15.7. The van der Waals surface area contributed by atoms with Crippen LogP contribution in [0.3, 0.4) is 0 Å². The van der Waals surface area contributed by atoms with Crippen molar-refractivity contribution in [1.82, 2.24) is 4.98 Å². The summed E-state index contributed by atoms with van der Waals surface area (Å²) in [7, 11) is 0. The number of oxazole rings is 1. The number of benzene rings is 2. The van der Waals surface area contributed by atoms with E-state index in [-0.39, 0.29) is 18.3 Å². The predicted octanol–water partition coefficient (Wildman–Crippen LogP) is 4.26. The molecule has 0 aliphatic heterocycles. The molecule has 2 aromatic carbocycles. The van der Waals surface area contributed by atoms with Crippen molar-refractivity contribution in [3.63, 3.8) is 0 Å². The van der Waals surface area contributed by atoms with Gasteiger partial charge in [-0.25, -0.2) is 9.37 Å². The minimum Gasteiger partial charge on any atom is -0.481 e. The van der Waals surface area contributed by atoms with Crippen LogP contribution < -0.4 is 10.1 Å². The highest BCUT2D eigenvalue weighted by Crippen LogP contribution is 2.22. The Hall–Kier alpha value is -2.67. The molecule has 0 aliphatic carbocycles. The van der Waals surface area contributed by atoms with Crippen molar-refractivity contribution in [3.05, 3.63) is 65.3 Å². The largest absolute Gasteiger partial charge is 0.481 e. The molecule has 0 bridgehead atoms. The zero-order valence-electron chi connectivity index (χ0n) is 12.3. The SMILES string of the molecule is O=C(COc1ccc(Br)cc1F)Nc1ccc(-c2cnco2)cc1. The number of aromatic nitrogens is 1. The van der Waals surface area contributed by atoms with Crippen molar-refractivity contribution in [3.8, 4) is 17.1 Å². The highest BCUT2D eigenvalue weighted by molar-refractivity contribution is 9.10. The molecule has 0 fully saturated rings. The summed E-state index contributed by atoms with van der Waals surface area (Å²) in [6.45, 7) is -0.289. The molecule has 1 heterocycles. The Balaban J connectivity index is 1.56. The molecule has 0 radical (unpaired) electrons. The van der Waals surface area contributed by atoms with Crippen LogP contribution in [0.4, 0.5) is 10.1 Å². The number of hydrogen-bond donors (Lipinski definition) is 1. The zero-order valence-corrected chi connectivity index (χ0v) is 13.9. The standard InChI is InChI=1S/C17H12BrFN2O3/c18-12-3-6-15(14(19)7-12)23-9-17(22)21-13-4-1-11(2-5-13)16-8-20-10-24-16/h1-8,10H,9H2,(H,21,22). The van der Waals surface area contributed by atoms with Gasteiger partial charge in [0.25, 0.3) is 5.91 Å². The Morgan fingerprint density at radius 2 is 2.04 bits per heavy atom. The lowest BCUT2D eigenvalue weighted by Gasteiger charge is -2.08. The molecule has 24 heavy (non-hydrogen) atoms. The maximum absolute atomic E-state index is 13.6. The summed E-state index contributed by atoms with van der Waals surface area (Å²) in [5.74, 6) is -0.255. The third-order valence-electron chi connectivity index (χ3n) is 3.14. The van der Waals surface area contributed by atoms with Crippen molar-refractivity contribution < 1.29 is 18.3 Å². The monoisotopic (exact) mass is 390 g/mol. The third-order valence-corrected chi connectivity index (χ3v) is 3.63. The second kappa shape index (κ2) is 7.27. The number of halogens is 2. The third kappa shape index (κ3) is 3.99. The van der Waals surface area contributed by atoms with E-state index in [1.165, 1.54) is 18.5 Å². The lowest BCUT2D eigenvalue weighted by atomic mass is 10.2. The van der Waals surface area contributed by atoms with Crippen LogP contribution in [0, 0.1) is 5.82 Å². The molecule has 3 aromatic rings. The van der Waals surface area contributed by atoms with E-state index in [0.29, 0.717) is 15.9 Å². The van der Waals surface area contributed by atoms with E-state index >= 15 is 0 Å². The fraction of sp³-hybridized carbons (Fsp3) is 0.0588. The van der Waals surface area contributed by atoms with Gasteiger partial charge in [0.2, 0.25) is 0 Å². The first-order valence-electron chi connectivity index (χ1n) is 6.98. The van der Waals surface area contributed by atoms with Gasteiger partial charge >= 0.3 is 0 Å². The molecule has 0 saturated carbocycles. The van der Waals surface area contributed by atoms with Gasteiger partial charge in [-0.05, 0) is 42.5 Å². The molecule has 1 aromatic heterocycles. The first-order chi connectivity index (χ1) is 11.6. The number of carbonyl (C=O) groups is 1. The maximum Gasteiger partial charge on any atom is 0.262 e. The minimum absolute atomic E-state index is 0.0222. The number of ether oxygens (including phenoxy) is 1. The van der Waals surface area contributed by atoms with Gasteiger partial charge in [-0.2, -0.15) is 0 Å². The van der Waals surface area contributed by atoms with Crippen LogP contribution in [0.5, 0.6) is 5.75 Å². The van der Waals surface area contributed by atoms with Gasteiger partial charge < -0.3 is 14.5 Å². The average Bonchev–Trinajstić information content (AvgIpc) is 3.09. The Morgan fingerprint density at radius 1 is 1.25 bits per heavy atom. The normalized spacial score (nSPS) is 10.4. The summed E-state index contributed by atoms with van der Waals surface area (Å²) in [6, 6.07) is 11.4. The van der Waals surface area contributed by atoms with E-state index in [2.05, 4.69) is 26.2 Å². The molecule has 0 saturated heterocycles. The van der Waals surface area contributed by atoms with Crippen LogP contribution in [0.25, 0.3) is 11.3 Å². The molecule has 0 aliphatic rings. The number of hydrogen-bond acceptors (Lipinski definition) is 4. The van der Waals surface area contributed by atoms with Crippen molar-refractivity contribution in [2.45, 2.75) is 0 Å². The Morgan fingerprint density at radius 3 is 2.71 bits per heavy atom. The average molecular weight is 391 g/mol. The maximum atomic E-state index is 13.6. The molecule has 0 atom stereocenters. The van der Waals surface area contributed by atoms with Crippen molar-refractivity contribution in [2.24, 2.45) is 0 Å². The van der Waals surface area contributed by atoms with Crippen LogP contribution in [-0.2, 0) is 4.79 Å². The van der Waals surface area contributed by atoms with Crippen LogP contribution in [0.1, 0.15) is 0 Å². The molecule has 122 valence electrons. The van der Waals surface area contributed by atoms with Crippen LogP contribution in [-0.4, -0.2) is 17.5 Å². The molecule has 1 N–H and O–H groups in total. The van der Waals surface area contributed by atoms with Gasteiger partial charge in [0.15, 0.2) is 30.3 Å². The fourth-order valence-corrected chi connectivity index (χ4v) is 2.34. The summed E-state index contributed by atoms with van der Waals surface area (Å²) in [5, 5.41) is 2.67. The summed E-state index contributed by atoms with van der Waals surface area (Å²) in [5.41, 5.74) is 1.45. The highest BCUT2D eigenvalue weighted by Gasteiger charge is 2.08. The zero-order chi connectivity index (χ0) is 16.9. The van der Waals surface area contributed by atoms with Crippen molar-refractivity contribution in [1.29, 1.82) is 0 Å². The summed E-state index contributed by atoms with van der Waals surface area (Å²) in [6.07, 6.45) is 2.96. The van der Waals surface area contributed by atoms with Gasteiger partial charge in [-0.3, -0.25) is 4.79 Å². The smallest absolute Gasteiger partial charge is 0.262 e. The lowest BCUT2D eigenvalue weighted by Crippen LogP contribution is -2.20. The van der Waals surface area contributed by atoms with Gasteiger partial charge in [0.1, 0.15) is 0 Å². The summed E-state index contributed by atoms with van der Waals surface area (Å²) >= 11 is 3.16. The predicted molar refractivity (Wildman–Crippen MR) is 90.2 cm³/mol. The topological polar surface area (TPSA) is 64.4 Å². The molecular weight excluding hydrogens is 379 g/mol. The van der Waals surface area contributed by atoms with Gasteiger partial charge in [-0.15, -0.1) is 0 Å². The molecule has 3 rings (SSSR count). The molecule has 5 nitrogen and oxygen atoms in total. The first kappa shape index (κ1) is 16.2. The molecule has 0 spiro atoms. The van der Waals surface area contributed by atoms with Crippen LogP contribution >= 0.6 is 15.9 Å². The van der Waals surface area contributed by atoms with E-state index in [1.807, 2.05) is 0 Å². The Labute approximate surface area is 145 Å². The lowest BCUT2D eigenvalue weighted by molar-refractivity contribution is -0.118. The Kier molecular flexibility index (Phi) is 4.90. The van der Waals surface area contributed by atoms with Crippen molar-refractivity contribution >= 4 is 27.5 Å². The van der Waals surface area contributed by atoms with Gasteiger partial charge in [-0.1, -0.05) is 15.9 Å². The number of amides is 1.